The summed E-state index contributed by atoms with van der Waals surface area (Å²) in [7, 11) is 0. The third kappa shape index (κ3) is 3.76. The van der Waals surface area contributed by atoms with Crippen LogP contribution in [0.25, 0.3) is 0 Å². The van der Waals surface area contributed by atoms with Gasteiger partial charge in [-0.3, -0.25) is 4.79 Å². The Labute approximate surface area is 97.8 Å². The predicted octanol–water partition coefficient (Wildman–Crippen LogP) is 0.591. The smallest absolute Gasteiger partial charge is 0.223 e. The first kappa shape index (κ1) is 13.5. The van der Waals surface area contributed by atoms with Crippen molar-refractivity contribution >= 4 is 5.91 Å². The zero-order valence-electron chi connectivity index (χ0n) is 10.4. The van der Waals surface area contributed by atoms with Crippen molar-refractivity contribution in [2.75, 3.05) is 19.6 Å². The first-order chi connectivity index (χ1) is 7.54. The number of likely N-dealkylation sites (tertiary alicyclic amines) is 1. The maximum Gasteiger partial charge on any atom is 0.223 e. The van der Waals surface area contributed by atoms with Crippen molar-refractivity contribution in [1.29, 1.82) is 0 Å². The molecule has 16 heavy (non-hydrogen) atoms. The summed E-state index contributed by atoms with van der Waals surface area (Å²) in [6.07, 6.45) is 1.86. The summed E-state index contributed by atoms with van der Waals surface area (Å²) in [6.45, 7) is 6.07. The van der Waals surface area contributed by atoms with E-state index < -0.39 is 0 Å². The Hall–Kier alpha value is -0.610. The SMILES string of the molecule is CC(C)C[C@@H]1CN(C(=O)CCN)CC[C@@H]1O. The van der Waals surface area contributed by atoms with Gasteiger partial charge in [-0.25, -0.2) is 0 Å². The second-order valence-electron chi connectivity index (χ2n) is 5.12. The minimum absolute atomic E-state index is 0.128. The minimum Gasteiger partial charge on any atom is -0.393 e. The van der Waals surface area contributed by atoms with E-state index in [0.29, 0.717) is 38.4 Å². The number of amides is 1. The van der Waals surface area contributed by atoms with Crippen molar-refractivity contribution < 1.29 is 9.90 Å². The summed E-state index contributed by atoms with van der Waals surface area (Å²) < 4.78 is 0. The van der Waals surface area contributed by atoms with Crippen molar-refractivity contribution in [1.82, 2.24) is 4.90 Å². The van der Waals surface area contributed by atoms with E-state index in [0.717, 1.165) is 6.42 Å². The van der Waals surface area contributed by atoms with E-state index in [-0.39, 0.29) is 17.9 Å². The summed E-state index contributed by atoms with van der Waals surface area (Å²) in [5.41, 5.74) is 5.38. The molecule has 0 aromatic rings. The molecule has 1 fully saturated rings. The van der Waals surface area contributed by atoms with Crippen LogP contribution in [0, 0.1) is 11.8 Å². The third-order valence-corrected chi connectivity index (χ3v) is 3.18. The molecule has 0 unspecified atom stereocenters. The Balaban J connectivity index is 2.49. The molecule has 0 radical (unpaired) electrons. The average molecular weight is 228 g/mol. The van der Waals surface area contributed by atoms with Crippen LogP contribution in [-0.2, 0) is 4.79 Å². The van der Waals surface area contributed by atoms with Gasteiger partial charge >= 0.3 is 0 Å². The number of hydrogen-bond donors (Lipinski definition) is 2. The monoisotopic (exact) mass is 228 g/mol. The lowest BCUT2D eigenvalue weighted by Gasteiger charge is -2.37. The Morgan fingerprint density at radius 3 is 2.81 bits per heavy atom. The number of hydrogen-bond acceptors (Lipinski definition) is 3. The highest BCUT2D eigenvalue weighted by atomic mass is 16.3. The van der Waals surface area contributed by atoms with Gasteiger partial charge in [-0.15, -0.1) is 0 Å². The second kappa shape index (κ2) is 6.21. The maximum atomic E-state index is 11.7. The molecule has 3 N–H and O–H groups in total. The quantitative estimate of drug-likeness (QED) is 0.740. The number of aliphatic hydroxyl groups excluding tert-OH is 1. The van der Waals surface area contributed by atoms with Gasteiger partial charge < -0.3 is 15.7 Å². The summed E-state index contributed by atoms with van der Waals surface area (Å²) in [5.74, 6) is 0.919. The molecule has 1 aliphatic rings. The Morgan fingerprint density at radius 1 is 1.56 bits per heavy atom. The molecule has 0 saturated carbocycles. The predicted molar refractivity (Wildman–Crippen MR) is 63.8 cm³/mol. The van der Waals surface area contributed by atoms with Crippen LogP contribution in [0.1, 0.15) is 33.1 Å². The molecule has 0 aromatic heterocycles. The normalized spacial score (nSPS) is 26.2. The molecule has 1 rings (SSSR count). The van der Waals surface area contributed by atoms with Crippen LogP contribution in [0.3, 0.4) is 0 Å². The van der Waals surface area contributed by atoms with Gasteiger partial charge in [0.1, 0.15) is 0 Å². The summed E-state index contributed by atoms with van der Waals surface area (Å²) in [6, 6.07) is 0. The fourth-order valence-electron chi connectivity index (χ4n) is 2.37. The highest BCUT2D eigenvalue weighted by Gasteiger charge is 2.29. The highest BCUT2D eigenvalue weighted by molar-refractivity contribution is 5.76. The Kier molecular flexibility index (Phi) is 5.22. The zero-order valence-corrected chi connectivity index (χ0v) is 10.4. The van der Waals surface area contributed by atoms with Gasteiger partial charge in [0.2, 0.25) is 5.91 Å². The van der Waals surface area contributed by atoms with Crippen LogP contribution in [0.15, 0.2) is 0 Å². The summed E-state index contributed by atoms with van der Waals surface area (Å²) >= 11 is 0. The van der Waals surface area contributed by atoms with Crippen molar-refractivity contribution in [3.8, 4) is 0 Å². The topological polar surface area (TPSA) is 66.6 Å². The van der Waals surface area contributed by atoms with E-state index in [9.17, 15) is 9.90 Å². The molecule has 1 amide bonds. The van der Waals surface area contributed by atoms with Gasteiger partial charge in [-0.2, -0.15) is 0 Å². The third-order valence-electron chi connectivity index (χ3n) is 3.18. The van der Waals surface area contributed by atoms with Gasteiger partial charge in [0.25, 0.3) is 0 Å². The molecule has 4 nitrogen and oxygen atoms in total. The van der Waals surface area contributed by atoms with Crippen LogP contribution < -0.4 is 5.73 Å². The molecule has 1 heterocycles. The molecule has 1 aliphatic heterocycles. The number of nitrogens with zero attached hydrogens (tertiary/aromatic N) is 1. The number of piperidine rings is 1. The lowest BCUT2D eigenvalue weighted by atomic mass is 9.87. The van der Waals surface area contributed by atoms with Crippen molar-refractivity contribution in [3.05, 3.63) is 0 Å². The minimum atomic E-state index is -0.246. The van der Waals surface area contributed by atoms with Crippen LogP contribution in [0.2, 0.25) is 0 Å². The van der Waals surface area contributed by atoms with E-state index in [4.69, 9.17) is 5.73 Å². The van der Waals surface area contributed by atoms with Gasteiger partial charge in [0, 0.05) is 32.0 Å². The molecule has 0 aliphatic carbocycles. The number of carbonyl (C=O) groups is 1. The van der Waals surface area contributed by atoms with Crippen LogP contribution >= 0.6 is 0 Å². The van der Waals surface area contributed by atoms with E-state index >= 15 is 0 Å². The fourth-order valence-corrected chi connectivity index (χ4v) is 2.37. The zero-order chi connectivity index (χ0) is 12.1. The van der Waals surface area contributed by atoms with Crippen LogP contribution in [0.5, 0.6) is 0 Å². The molecular weight excluding hydrogens is 204 g/mol. The van der Waals surface area contributed by atoms with Crippen molar-refractivity contribution in [2.24, 2.45) is 17.6 Å². The van der Waals surface area contributed by atoms with Crippen LogP contribution in [0.4, 0.5) is 0 Å². The first-order valence-corrected chi connectivity index (χ1v) is 6.20. The maximum absolute atomic E-state index is 11.7. The lowest BCUT2D eigenvalue weighted by molar-refractivity contribution is -0.135. The molecule has 2 atom stereocenters. The van der Waals surface area contributed by atoms with Gasteiger partial charge in [-0.05, 0) is 18.8 Å². The Morgan fingerprint density at radius 2 is 2.25 bits per heavy atom. The summed E-state index contributed by atoms with van der Waals surface area (Å²) in [4.78, 5) is 13.6. The summed E-state index contributed by atoms with van der Waals surface area (Å²) in [5, 5.41) is 9.88. The van der Waals surface area contributed by atoms with E-state index in [1.165, 1.54) is 0 Å². The molecule has 94 valence electrons. The van der Waals surface area contributed by atoms with E-state index in [1.807, 2.05) is 4.90 Å². The number of carbonyl (C=O) groups excluding carboxylic acids is 1. The molecule has 1 saturated heterocycles. The van der Waals surface area contributed by atoms with E-state index in [2.05, 4.69) is 13.8 Å². The van der Waals surface area contributed by atoms with Gasteiger partial charge in [-0.1, -0.05) is 13.8 Å². The largest absolute Gasteiger partial charge is 0.393 e. The number of aliphatic hydroxyl groups is 1. The van der Waals surface area contributed by atoms with Gasteiger partial charge in [0.15, 0.2) is 0 Å². The molecule has 0 spiro atoms. The Bertz CT molecular complexity index is 231. The lowest BCUT2D eigenvalue weighted by Crippen LogP contribution is -2.46. The van der Waals surface area contributed by atoms with E-state index in [1.54, 1.807) is 0 Å². The highest BCUT2D eigenvalue weighted by Crippen LogP contribution is 2.24. The molecular formula is C12H24N2O2. The molecule has 0 aromatic carbocycles. The fraction of sp³-hybridized carbons (Fsp3) is 0.917. The average Bonchev–Trinajstić information content (AvgIpc) is 2.21. The second-order valence-corrected chi connectivity index (χ2v) is 5.12. The van der Waals surface area contributed by atoms with Gasteiger partial charge in [0.05, 0.1) is 6.10 Å². The molecule has 0 bridgehead atoms. The van der Waals surface area contributed by atoms with Crippen molar-refractivity contribution in [2.45, 2.75) is 39.2 Å². The number of nitrogens with two attached hydrogens (primary N) is 1. The van der Waals surface area contributed by atoms with Crippen molar-refractivity contribution in [3.63, 3.8) is 0 Å². The number of rotatable bonds is 4. The van der Waals surface area contributed by atoms with Crippen LogP contribution in [-0.4, -0.2) is 41.7 Å². The standard InChI is InChI=1S/C12H24N2O2/c1-9(2)7-10-8-14(6-4-11(10)15)12(16)3-5-13/h9-11,15H,3-8,13H2,1-2H3/t10-,11+/m1/s1. The first-order valence-electron chi connectivity index (χ1n) is 6.20. The molecule has 4 heteroatoms.